The van der Waals surface area contributed by atoms with Crippen molar-refractivity contribution in [3.63, 3.8) is 0 Å². The molecular weight excluding hydrogens is 450 g/mol. The SMILES string of the molecule is COC(=O)CCc1cc(C)c(-c2cc3ccc(C(=O)NC4C=Cc5ccccc5N4)cc3[nH]2)c(C)c1. The quantitative estimate of drug-likeness (QED) is 0.308. The van der Waals surface area contributed by atoms with Crippen molar-refractivity contribution in [3.05, 3.63) is 94.6 Å². The van der Waals surface area contributed by atoms with Gasteiger partial charge in [-0.05, 0) is 72.9 Å². The Bertz CT molecular complexity index is 1480. The summed E-state index contributed by atoms with van der Waals surface area (Å²) in [4.78, 5) is 28.0. The predicted molar refractivity (Wildman–Crippen MR) is 144 cm³/mol. The van der Waals surface area contributed by atoms with Gasteiger partial charge in [0, 0.05) is 39.8 Å². The van der Waals surface area contributed by atoms with E-state index in [-0.39, 0.29) is 18.0 Å². The maximum atomic E-state index is 13.0. The van der Waals surface area contributed by atoms with Gasteiger partial charge in [0.1, 0.15) is 6.17 Å². The number of benzene rings is 3. The van der Waals surface area contributed by atoms with Crippen molar-refractivity contribution < 1.29 is 14.3 Å². The molecule has 0 saturated carbocycles. The first-order chi connectivity index (χ1) is 17.4. The molecule has 3 aromatic carbocycles. The van der Waals surface area contributed by atoms with E-state index >= 15 is 0 Å². The molecule has 1 amide bonds. The third-order valence-electron chi connectivity index (χ3n) is 6.62. The fraction of sp³-hybridized carbons (Fsp3) is 0.200. The number of hydrogen-bond acceptors (Lipinski definition) is 4. The zero-order valence-electron chi connectivity index (χ0n) is 20.6. The Kier molecular flexibility index (Phi) is 6.34. The van der Waals surface area contributed by atoms with Crippen LogP contribution in [0.5, 0.6) is 0 Å². The van der Waals surface area contributed by atoms with Crippen molar-refractivity contribution in [2.24, 2.45) is 0 Å². The van der Waals surface area contributed by atoms with Crippen LogP contribution in [0.3, 0.4) is 0 Å². The van der Waals surface area contributed by atoms with Crippen molar-refractivity contribution in [2.75, 3.05) is 12.4 Å². The molecular formula is C30H29N3O3. The van der Waals surface area contributed by atoms with E-state index in [4.69, 9.17) is 4.74 Å². The third kappa shape index (κ3) is 4.75. The molecule has 0 fully saturated rings. The number of aromatic amines is 1. The van der Waals surface area contributed by atoms with Gasteiger partial charge < -0.3 is 20.4 Å². The minimum Gasteiger partial charge on any atom is -0.469 e. The van der Waals surface area contributed by atoms with Crippen molar-refractivity contribution >= 4 is 34.5 Å². The lowest BCUT2D eigenvalue weighted by atomic mass is 9.95. The number of amides is 1. The average molecular weight is 480 g/mol. The largest absolute Gasteiger partial charge is 0.469 e. The summed E-state index contributed by atoms with van der Waals surface area (Å²) in [6.45, 7) is 4.16. The van der Waals surface area contributed by atoms with Gasteiger partial charge in [0.25, 0.3) is 5.91 Å². The summed E-state index contributed by atoms with van der Waals surface area (Å²) in [6.07, 6.45) is 4.71. The van der Waals surface area contributed by atoms with Crippen molar-refractivity contribution in [3.8, 4) is 11.3 Å². The monoisotopic (exact) mass is 479 g/mol. The maximum absolute atomic E-state index is 13.0. The lowest BCUT2D eigenvalue weighted by Crippen LogP contribution is -2.40. The number of ether oxygens (including phenoxy) is 1. The number of aromatic nitrogens is 1. The maximum Gasteiger partial charge on any atom is 0.305 e. The van der Waals surface area contributed by atoms with E-state index in [1.54, 1.807) is 0 Å². The molecule has 6 nitrogen and oxygen atoms in total. The molecule has 4 aromatic rings. The number of carbonyl (C=O) groups is 2. The van der Waals surface area contributed by atoms with Crippen LogP contribution < -0.4 is 10.6 Å². The Morgan fingerprint density at radius 2 is 1.78 bits per heavy atom. The van der Waals surface area contributed by atoms with E-state index in [2.05, 4.69) is 47.7 Å². The van der Waals surface area contributed by atoms with Crippen LogP contribution in [0.4, 0.5) is 5.69 Å². The Morgan fingerprint density at radius 1 is 1.00 bits per heavy atom. The van der Waals surface area contributed by atoms with Crippen LogP contribution in [0.2, 0.25) is 0 Å². The molecule has 0 aliphatic carbocycles. The summed E-state index contributed by atoms with van der Waals surface area (Å²) in [5.41, 5.74) is 9.12. The van der Waals surface area contributed by atoms with Gasteiger partial charge in [-0.25, -0.2) is 0 Å². The molecule has 0 spiro atoms. The number of carbonyl (C=O) groups excluding carboxylic acids is 2. The number of anilines is 1. The average Bonchev–Trinajstić information content (AvgIpc) is 3.29. The number of rotatable bonds is 6. The molecule has 1 atom stereocenters. The normalized spacial score (nSPS) is 14.2. The fourth-order valence-corrected chi connectivity index (χ4v) is 4.87. The zero-order valence-corrected chi connectivity index (χ0v) is 20.6. The number of aryl methyl sites for hydroxylation is 3. The van der Waals surface area contributed by atoms with Crippen LogP contribution in [0.25, 0.3) is 28.2 Å². The summed E-state index contributed by atoms with van der Waals surface area (Å²) in [7, 11) is 1.41. The van der Waals surface area contributed by atoms with E-state index < -0.39 is 0 Å². The van der Waals surface area contributed by atoms with Crippen molar-refractivity contribution in [1.82, 2.24) is 10.3 Å². The van der Waals surface area contributed by atoms with Gasteiger partial charge in [-0.2, -0.15) is 0 Å². The Balaban J connectivity index is 1.34. The summed E-state index contributed by atoms with van der Waals surface area (Å²) >= 11 is 0. The first-order valence-corrected chi connectivity index (χ1v) is 12.1. The van der Waals surface area contributed by atoms with Gasteiger partial charge in [0.2, 0.25) is 0 Å². The summed E-state index contributed by atoms with van der Waals surface area (Å²) < 4.78 is 4.76. The number of H-pyrrole nitrogens is 1. The molecule has 6 heteroatoms. The highest BCUT2D eigenvalue weighted by atomic mass is 16.5. The van der Waals surface area contributed by atoms with Gasteiger partial charge in [-0.3, -0.25) is 9.59 Å². The lowest BCUT2D eigenvalue weighted by molar-refractivity contribution is -0.140. The molecule has 2 heterocycles. The van der Waals surface area contributed by atoms with E-state index in [1.807, 2.05) is 54.6 Å². The lowest BCUT2D eigenvalue weighted by Gasteiger charge is -2.23. The first-order valence-electron chi connectivity index (χ1n) is 12.1. The molecule has 36 heavy (non-hydrogen) atoms. The van der Waals surface area contributed by atoms with E-state index in [1.165, 1.54) is 7.11 Å². The van der Waals surface area contributed by atoms with Crippen LogP contribution in [0, 0.1) is 13.8 Å². The van der Waals surface area contributed by atoms with Gasteiger partial charge in [0.15, 0.2) is 0 Å². The first kappa shape index (κ1) is 23.4. The second kappa shape index (κ2) is 9.74. The molecule has 1 aromatic heterocycles. The van der Waals surface area contributed by atoms with Gasteiger partial charge in [-0.15, -0.1) is 0 Å². The molecule has 3 N–H and O–H groups in total. The molecule has 0 saturated heterocycles. The Labute approximate surface area is 210 Å². The number of nitrogens with one attached hydrogen (secondary N) is 3. The summed E-state index contributed by atoms with van der Waals surface area (Å²) in [6, 6.07) is 20.1. The fourth-order valence-electron chi connectivity index (χ4n) is 4.87. The van der Waals surface area contributed by atoms with Crippen LogP contribution >= 0.6 is 0 Å². The minimum atomic E-state index is -0.273. The molecule has 1 unspecified atom stereocenters. The van der Waals surface area contributed by atoms with Crippen molar-refractivity contribution in [1.29, 1.82) is 0 Å². The van der Waals surface area contributed by atoms with Crippen LogP contribution in [-0.4, -0.2) is 30.1 Å². The van der Waals surface area contributed by atoms with Crippen LogP contribution in [0.1, 0.15) is 39.0 Å². The van der Waals surface area contributed by atoms with E-state index in [0.717, 1.165) is 50.1 Å². The summed E-state index contributed by atoms with van der Waals surface area (Å²) in [5.74, 6) is -0.346. The molecule has 182 valence electrons. The smallest absolute Gasteiger partial charge is 0.305 e. The van der Waals surface area contributed by atoms with Gasteiger partial charge in [-0.1, -0.05) is 42.5 Å². The topological polar surface area (TPSA) is 83.2 Å². The predicted octanol–water partition coefficient (Wildman–Crippen LogP) is 5.75. The van der Waals surface area contributed by atoms with E-state index in [9.17, 15) is 9.59 Å². The number of hydrogen-bond donors (Lipinski definition) is 3. The molecule has 1 aliphatic heterocycles. The molecule has 0 bridgehead atoms. The second-order valence-corrected chi connectivity index (χ2v) is 9.21. The standard InChI is InChI=1S/C30H29N3O3/c1-18-14-20(8-13-28(34)36-3)15-19(2)29(18)26-16-22-9-10-23(17-25(22)31-26)30(35)33-27-12-11-21-6-4-5-7-24(21)32-27/h4-7,9-12,14-17,27,31-32H,8,13H2,1-3H3,(H,33,35). The number of esters is 1. The number of para-hydroxylation sites is 1. The third-order valence-corrected chi connectivity index (χ3v) is 6.62. The van der Waals surface area contributed by atoms with E-state index in [0.29, 0.717) is 18.4 Å². The highest BCUT2D eigenvalue weighted by Gasteiger charge is 2.17. The molecule has 1 aliphatic rings. The number of fused-ring (bicyclic) bond motifs is 2. The van der Waals surface area contributed by atoms with Gasteiger partial charge in [0.05, 0.1) is 7.11 Å². The molecule has 5 rings (SSSR count). The van der Waals surface area contributed by atoms with Crippen molar-refractivity contribution in [2.45, 2.75) is 32.9 Å². The Hall–Kier alpha value is -4.32. The highest BCUT2D eigenvalue weighted by Crippen LogP contribution is 2.31. The Morgan fingerprint density at radius 3 is 2.56 bits per heavy atom. The second-order valence-electron chi connectivity index (χ2n) is 9.21. The highest BCUT2D eigenvalue weighted by molar-refractivity contribution is 5.99. The molecule has 0 radical (unpaired) electrons. The van der Waals surface area contributed by atoms with Crippen LogP contribution in [-0.2, 0) is 16.0 Å². The van der Waals surface area contributed by atoms with Gasteiger partial charge >= 0.3 is 5.97 Å². The number of methoxy groups -OCH3 is 1. The zero-order chi connectivity index (χ0) is 25.2. The van der Waals surface area contributed by atoms with Crippen LogP contribution in [0.15, 0.2) is 66.7 Å². The minimum absolute atomic E-state index is 0.142. The summed E-state index contributed by atoms with van der Waals surface area (Å²) in [5, 5.41) is 7.43.